The maximum absolute atomic E-state index is 14.6. The minimum absolute atomic E-state index is 0.131. The lowest BCUT2D eigenvalue weighted by molar-refractivity contribution is -0.184. The van der Waals surface area contributed by atoms with E-state index in [0.29, 0.717) is 12.1 Å². The predicted octanol–water partition coefficient (Wildman–Crippen LogP) is 5.05. The van der Waals surface area contributed by atoms with Gasteiger partial charge in [0.25, 0.3) is 0 Å². The molecule has 0 aromatic heterocycles. The van der Waals surface area contributed by atoms with Crippen LogP contribution in [0.15, 0.2) is 36.4 Å². The Morgan fingerprint density at radius 3 is 1.30 bits per heavy atom. The van der Waals surface area contributed by atoms with Gasteiger partial charge in [0.2, 0.25) is 0 Å². The van der Waals surface area contributed by atoms with E-state index >= 15 is 0 Å². The molecule has 15 heteroatoms. The highest BCUT2D eigenvalue weighted by molar-refractivity contribution is 5.96. The van der Waals surface area contributed by atoms with Crippen LogP contribution in [0.2, 0.25) is 0 Å². The van der Waals surface area contributed by atoms with Crippen LogP contribution in [0.3, 0.4) is 0 Å². The number of alkyl halides is 6. The fourth-order valence-electron chi connectivity index (χ4n) is 4.14. The van der Waals surface area contributed by atoms with E-state index < -0.39 is 76.6 Å². The number of rotatable bonds is 14. The summed E-state index contributed by atoms with van der Waals surface area (Å²) in [6, 6.07) is 3.93. The van der Waals surface area contributed by atoms with Crippen LogP contribution >= 0.6 is 0 Å². The minimum atomic E-state index is -5.55. The molecule has 0 bridgehead atoms. The summed E-state index contributed by atoms with van der Waals surface area (Å²) in [5.74, 6) is -12.2. The lowest BCUT2D eigenvalue weighted by Crippen LogP contribution is -2.38. The summed E-state index contributed by atoms with van der Waals surface area (Å²) in [6.45, 7) is 2.63. The zero-order valence-electron chi connectivity index (χ0n) is 24.4. The van der Waals surface area contributed by atoms with E-state index in [4.69, 9.17) is 20.9 Å². The van der Waals surface area contributed by atoms with Crippen molar-refractivity contribution in [2.75, 3.05) is 27.4 Å². The van der Waals surface area contributed by atoms with Gasteiger partial charge in [0.15, 0.2) is 5.78 Å². The number of ketones is 1. The number of carbonyl (C=O) groups excluding carboxylic acids is 3. The Morgan fingerprint density at radius 2 is 1.02 bits per heavy atom. The Balaban J connectivity index is 2.78. The molecule has 2 aromatic rings. The van der Waals surface area contributed by atoms with Gasteiger partial charge >= 0.3 is 24.3 Å². The van der Waals surface area contributed by atoms with Crippen LogP contribution in [0.1, 0.15) is 70.4 Å². The first-order chi connectivity index (χ1) is 20.4. The minimum Gasteiger partial charge on any atom is -0.493 e. The van der Waals surface area contributed by atoms with Gasteiger partial charge in [0, 0.05) is 23.2 Å². The molecule has 2 rings (SSSR count). The van der Waals surface area contributed by atoms with Crippen molar-refractivity contribution in [3.8, 4) is 11.5 Å². The highest BCUT2D eigenvalue weighted by Crippen LogP contribution is 2.48. The molecule has 0 spiro atoms. The summed E-state index contributed by atoms with van der Waals surface area (Å²) < 4.78 is 108. The largest absolute Gasteiger partial charge is 0.493 e. The summed E-state index contributed by atoms with van der Waals surface area (Å²) in [7, 11) is 2.03. The normalized spacial score (nSPS) is 14.6. The van der Waals surface area contributed by atoms with Crippen LogP contribution in [0.4, 0.5) is 26.3 Å². The number of ether oxygens (including phenoxy) is 4. The van der Waals surface area contributed by atoms with Crippen LogP contribution in [0.5, 0.6) is 11.5 Å². The first-order valence-corrected chi connectivity index (χ1v) is 13.3. The Bertz CT molecular complexity index is 1210. The monoisotopic (exact) mass is 636 g/mol. The summed E-state index contributed by atoms with van der Waals surface area (Å²) in [5.41, 5.74) is 8.88. The molecular weight excluding hydrogens is 602 g/mol. The van der Waals surface area contributed by atoms with E-state index in [1.54, 1.807) is 13.8 Å². The smallest absolute Gasteiger partial charge is 0.402 e. The number of benzene rings is 2. The highest BCUT2D eigenvalue weighted by Gasteiger charge is 2.56. The molecule has 0 fully saturated rings. The maximum atomic E-state index is 14.6. The molecule has 0 saturated heterocycles. The van der Waals surface area contributed by atoms with E-state index in [1.165, 1.54) is 0 Å². The van der Waals surface area contributed by atoms with Gasteiger partial charge in [-0.3, -0.25) is 4.79 Å². The van der Waals surface area contributed by atoms with Crippen LogP contribution in [-0.2, 0) is 14.3 Å². The number of hydrogen-bond donors (Lipinski definition) is 2. The predicted molar refractivity (Wildman–Crippen MR) is 146 cm³/mol. The van der Waals surface area contributed by atoms with Gasteiger partial charge in [-0.05, 0) is 51.0 Å². The molecule has 0 heterocycles. The molecule has 4 atom stereocenters. The molecule has 0 aliphatic rings. The van der Waals surface area contributed by atoms with Gasteiger partial charge in [-0.15, -0.1) is 0 Å². The zero-order valence-corrected chi connectivity index (χ0v) is 24.4. The van der Waals surface area contributed by atoms with Crippen molar-refractivity contribution in [2.45, 2.75) is 63.0 Å². The van der Waals surface area contributed by atoms with Crippen LogP contribution in [0, 0.1) is 0 Å². The fraction of sp³-hybridized carbons (Fsp3) is 0.483. The Morgan fingerprint density at radius 1 is 0.682 bits per heavy atom. The van der Waals surface area contributed by atoms with Crippen molar-refractivity contribution in [2.24, 2.45) is 11.5 Å². The van der Waals surface area contributed by atoms with Crippen molar-refractivity contribution in [3.05, 3.63) is 58.7 Å². The van der Waals surface area contributed by atoms with E-state index in [-0.39, 0.29) is 37.2 Å². The molecule has 0 amide bonds. The third-order valence-electron chi connectivity index (χ3n) is 6.38. The molecule has 0 aliphatic carbocycles. The summed E-state index contributed by atoms with van der Waals surface area (Å²) in [4.78, 5) is 37.7. The molecule has 9 nitrogen and oxygen atoms in total. The molecule has 0 aliphatic heterocycles. The van der Waals surface area contributed by atoms with Crippen molar-refractivity contribution in [3.63, 3.8) is 0 Å². The molecule has 0 saturated carbocycles. The summed E-state index contributed by atoms with van der Waals surface area (Å²) in [5, 5.41) is 0. The third-order valence-corrected chi connectivity index (χ3v) is 6.38. The molecule has 4 unspecified atom stereocenters. The molecule has 44 heavy (non-hydrogen) atoms. The summed E-state index contributed by atoms with van der Waals surface area (Å²) >= 11 is 0. The lowest BCUT2D eigenvalue weighted by Gasteiger charge is -2.29. The Kier molecular flexibility index (Phi) is 12.6. The second-order valence-corrected chi connectivity index (χ2v) is 10.1. The number of hydrogen-bond acceptors (Lipinski definition) is 9. The SMILES string of the molecule is COC(=O)c1ccc(C(C(=O)C(c2ccc(C(=O)OC)cc2OCCC(C)N)C(F)(F)F)C(F)(F)F)c(OCCC(C)N)c1. The van der Waals surface area contributed by atoms with Gasteiger partial charge in [0.05, 0.1) is 38.6 Å². The molecule has 2 aromatic carbocycles. The highest BCUT2D eigenvalue weighted by atomic mass is 19.4. The average Bonchev–Trinajstić information content (AvgIpc) is 2.91. The zero-order chi connectivity index (χ0) is 33.4. The number of nitrogens with two attached hydrogens (primary N) is 2. The van der Waals surface area contributed by atoms with Crippen LogP contribution in [0.25, 0.3) is 0 Å². The van der Waals surface area contributed by atoms with E-state index in [0.717, 1.165) is 38.5 Å². The molecule has 0 radical (unpaired) electrons. The lowest BCUT2D eigenvalue weighted by atomic mass is 9.81. The number of halogens is 6. The van der Waals surface area contributed by atoms with Crippen LogP contribution < -0.4 is 20.9 Å². The number of Topliss-reactive ketones (excluding diaryl/α,β-unsaturated/α-hetero) is 1. The van der Waals surface area contributed by atoms with E-state index in [9.17, 15) is 40.7 Å². The quantitative estimate of drug-likeness (QED) is 0.215. The van der Waals surface area contributed by atoms with Crippen molar-refractivity contribution >= 4 is 17.7 Å². The van der Waals surface area contributed by atoms with Gasteiger partial charge in [-0.25, -0.2) is 9.59 Å². The number of carbonyl (C=O) groups is 3. The topological polar surface area (TPSA) is 140 Å². The van der Waals surface area contributed by atoms with E-state index in [1.807, 2.05) is 0 Å². The van der Waals surface area contributed by atoms with Gasteiger partial charge in [-0.1, -0.05) is 12.1 Å². The molecule has 4 N–H and O–H groups in total. The third kappa shape index (κ3) is 9.58. The summed E-state index contributed by atoms with van der Waals surface area (Å²) in [6.07, 6.45) is -10.8. The van der Waals surface area contributed by atoms with E-state index in [2.05, 4.69) is 9.47 Å². The number of methoxy groups -OCH3 is 2. The second-order valence-electron chi connectivity index (χ2n) is 10.1. The van der Waals surface area contributed by atoms with Gasteiger partial charge in [-0.2, -0.15) is 26.3 Å². The fourth-order valence-corrected chi connectivity index (χ4v) is 4.14. The number of esters is 2. The second kappa shape index (κ2) is 15.2. The molecular formula is C29H34F6N2O7. The van der Waals surface area contributed by atoms with Gasteiger partial charge in [0.1, 0.15) is 23.3 Å². The maximum Gasteiger partial charge on any atom is 0.402 e. The average molecular weight is 637 g/mol. The standard InChI is InChI=1S/C29H34F6N2O7/c1-15(36)9-11-43-21-13-17(26(39)41-3)5-7-19(21)23(28(30,31)32)25(38)24(29(33,34)35)20-8-6-18(27(40)42-4)14-22(20)44-12-10-16(2)37/h5-8,13-16,23-24H,9-12,36-37H2,1-4H3. The van der Waals surface area contributed by atoms with Crippen molar-refractivity contribution in [1.29, 1.82) is 0 Å². The van der Waals surface area contributed by atoms with Gasteiger partial charge < -0.3 is 30.4 Å². The van der Waals surface area contributed by atoms with Crippen molar-refractivity contribution < 1.29 is 59.7 Å². The van der Waals surface area contributed by atoms with Crippen molar-refractivity contribution in [1.82, 2.24) is 0 Å². The first-order valence-electron chi connectivity index (χ1n) is 13.3. The van der Waals surface area contributed by atoms with Crippen LogP contribution in [-0.4, -0.2) is 69.6 Å². The first kappa shape index (κ1) is 36.3. The Labute approximate surface area is 249 Å². The molecule has 244 valence electrons. The Hall–Kier alpha value is -3.85.